The van der Waals surface area contributed by atoms with E-state index in [1.165, 1.54) is 6.20 Å². The Kier molecular flexibility index (Phi) is 3.80. The monoisotopic (exact) mass is 310 g/mol. The number of halogens is 3. The molecule has 0 spiro atoms. The maximum atomic E-state index is 12.7. The predicted molar refractivity (Wildman–Crippen MR) is 76.5 cm³/mol. The SMILES string of the molecule is CCc1nccn1CC1CN(c2ccnc(C(F)(F)F)c2)C1. The molecule has 22 heavy (non-hydrogen) atoms. The standard InChI is InChI=1S/C15H17F3N4/c1-2-14-20-5-6-21(14)8-11-9-22(10-11)12-3-4-19-13(7-12)15(16,17)18/h3-7,11H,2,8-10H2,1H3. The lowest BCUT2D eigenvalue weighted by molar-refractivity contribution is -0.141. The fourth-order valence-electron chi connectivity index (χ4n) is 2.77. The first kappa shape index (κ1) is 14.9. The van der Waals surface area contributed by atoms with Gasteiger partial charge >= 0.3 is 6.18 Å². The second kappa shape index (κ2) is 5.62. The molecular weight excluding hydrogens is 293 g/mol. The number of aromatic nitrogens is 3. The Labute approximate surface area is 126 Å². The minimum atomic E-state index is -4.40. The molecule has 4 nitrogen and oxygen atoms in total. The Balaban J connectivity index is 1.62. The molecule has 2 aromatic rings. The summed E-state index contributed by atoms with van der Waals surface area (Å²) in [5, 5.41) is 0. The van der Waals surface area contributed by atoms with Crippen molar-refractivity contribution in [1.82, 2.24) is 14.5 Å². The zero-order valence-electron chi connectivity index (χ0n) is 12.2. The van der Waals surface area contributed by atoms with Crippen molar-refractivity contribution in [2.45, 2.75) is 26.1 Å². The summed E-state index contributed by atoms with van der Waals surface area (Å²) in [6.07, 6.45) is 1.44. The minimum absolute atomic E-state index is 0.432. The lowest BCUT2D eigenvalue weighted by atomic mass is 9.99. The summed E-state index contributed by atoms with van der Waals surface area (Å²) in [4.78, 5) is 9.62. The van der Waals surface area contributed by atoms with E-state index in [0.717, 1.165) is 37.9 Å². The number of nitrogens with zero attached hydrogens (tertiary/aromatic N) is 4. The first-order valence-electron chi connectivity index (χ1n) is 7.25. The fraction of sp³-hybridized carbons (Fsp3) is 0.467. The van der Waals surface area contributed by atoms with Crippen molar-refractivity contribution >= 4 is 5.69 Å². The van der Waals surface area contributed by atoms with Gasteiger partial charge in [0.05, 0.1) is 0 Å². The number of imidazole rings is 1. The Morgan fingerprint density at radius 3 is 2.68 bits per heavy atom. The average molecular weight is 310 g/mol. The maximum absolute atomic E-state index is 12.7. The molecule has 0 radical (unpaired) electrons. The lowest BCUT2D eigenvalue weighted by Gasteiger charge is -2.41. The van der Waals surface area contributed by atoms with Crippen molar-refractivity contribution in [2.75, 3.05) is 18.0 Å². The molecule has 7 heteroatoms. The van der Waals surface area contributed by atoms with Gasteiger partial charge in [0.15, 0.2) is 0 Å². The van der Waals surface area contributed by atoms with E-state index in [0.29, 0.717) is 11.6 Å². The molecule has 118 valence electrons. The zero-order valence-corrected chi connectivity index (χ0v) is 12.2. The third-order valence-corrected chi connectivity index (χ3v) is 3.93. The molecule has 1 aliphatic heterocycles. The highest BCUT2D eigenvalue weighted by Gasteiger charge is 2.34. The van der Waals surface area contributed by atoms with Crippen LogP contribution in [-0.4, -0.2) is 27.6 Å². The summed E-state index contributed by atoms with van der Waals surface area (Å²) < 4.78 is 40.1. The number of hydrogen-bond donors (Lipinski definition) is 0. The molecule has 1 aliphatic rings. The minimum Gasteiger partial charge on any atom is -0.371 e. The first-order chi connectivity index (χ1) is 10.5. The van der Waals surface area contributed by atoms with Gasteiger partial charge in [-0.1, -0.05) is 6.92 Å². The molecule has 3 rings (SSSR count). The Hall–Kier alpha value is -2.05. The fourth-order valence-corrected chi connectivity index (χ4v) is 2.77. The normalized spacial score (nSPS) is 15.9. The highest BCUT2D eigenvalue weighted by Crippen LogP contribution is 2.32. The van der Waals surface area contributed by atoms with Crippen molar-refractivity contribution in [1.29, 1.82) is 0 Å². The van der Waals surface area contributed by atoms with Gasteiger partial charge in [0.2, 0.25) is 0 Å². The van der Waals surface area contributed by atoms with Gasteiger partial charge in [0.1, 0.15) is 11.5 Å². The molecule has 3 heterocycles. The van der Waals surface area contributed by atoms with Crippen LogP contribution >= 0.6 is 0 Å². The summed E-state index contributed by atoms with van der Waals surface area (Å²) in [5.74, 6) is 1.48. The van der Waals surface area contributed by atoms with Gasteiger partial charge in [-0.25, -0.2) is 4.98 Å². The van der Waals surface area contributed by atoms with Crippen molar-refractivity contribution in [3.63, 3.8) is 0 Å². The van der Waals surface area contributed by atoms with Crippen LogP contribution in [0.2, 0.25) is 0 Å². The average Bonchev–Trinajstić information content (AvgIpc) is 2.88. The van der Waals surface area contributed by atoms with E-state index in [1.54, 1.807) is 12.3 Å². The smallest absolute Gasteiger partial charge is 0.371 e. The largest absolute Gasteiger partial charge is 0.433 e. The van der Waals surface area contributed by atoms with Gasteiger partial charge < -0.3 is 9.47 Å². The van der Waals surface area contributed by atoms with Crippen LogP contribution in [0.1, 0.15) is 18.4 Å². The molecule has 0 amide bonds. The molecule has 0 saturated carbocycles. The number of hydrogen-bond acceptors (Lipinski definition) is 3. The van der Waals surface area contributed by atoms with Gasteiger partial charge in [0, 0.05) is 56.3 Å². The Bertz CT molecular complexity index is 644. The van der Waals surface area contributed by atoms with Gasteiger partial charge in [-0.2, -0.15) is 13.2 Å². The van der Waals surface area contributed by atoms with Crippen LogP contribution in [0.4, 0.5) is 18.9 Å². The van der Waals surface area contributed by atoms with E-state index >= 15 is 0 Å². The molecule has 0 bridgehead atoms. The lowest BCUT2D eigenvalue weighted by Crippen LogP contribution is -2.48. The van der Waals surface area contributed by atoms with Crippen LogP contribution in [0, 0.1) is 5.92 Å². The quantitative estimate of drug-likeness (QED) is 0.870. The first-order valence-corrected chi connectivity index (χ1v) is 7.25. The van der Waals surface area contributed by atoms with E-state index in [1.807, 2.05) is 11.1 Å². The third kappa shape index (κ3) is 2.93. The van der Waals surface area contributed by atoms with Crippen LogP contribution < -0.4 is 4.90 Å². The van der Waals surface area contributed by atoms with E-state index in [-0.39, 0.29) is 0 Å². The van der Waals surface area contributed by atoms with Crippen molar-refractivity contribution < 1.29 is 13.2 Å². The maximum Gasteiger partial charge on any atom is 0.433 e. The number of anilines is 1. The molecule has 1 saturated heterocycles. The molecule has 1 fully saturated rings. The molecule has 0 aromatic carbocycles. The van der Waals surface area contributed by atoms with Crippen LogP contribution in [0.15, 0.2) is 30.7 Å². The van der Waals surface area contributed by atoms with Crippen molar-refractivity contribution in [2.24, 2.45) is 5.92 Å². The molecule has 0 unspecified atom stereocenters. The van der Waals surface area contributed by atoms with Crippen LogP contribution in [0.3, 0.4) is 0 Å². The summed E-state index contributed by atoms with van der Waals surface area (Å²) in [6, 6.07) is 2.74. The van der Waals surface area contributed by atoms with E-state index < -0.39 is 11.9 Å². The van der Waals surface area contributed by atoms with Crippen molar-refractivity contribution in [3.05, 3.63) is 42.2 Å². The summed E-state index contributed by atoms with van der Waals surface area (Å²) in [6.45, 7) is 4.42. The summed E-state index contributed by atoms with van der Waals surface area (Å²) in [5.41, 5.74) is -0.253. The number of alkyl halides is 3. The molecule has 0 aliphatic carbocycles. The van der Waals surface area contributed by atoms with E-state index in [4.69, 9.17) is 0 Å². The van der Waals surface area contributed by atoms with Crippen LogP contribution in [0.5, 0.6) is 0 Å². The van der Waals surface area contributed by atoms with Gasteiger partial charge in [-0.05, 0) is 12.1 Å². The highest BCUT2D eigenvalue weighted by molar-refractivity contribution is 5.49. The van der Waals surface area contributed by atoms with E-state index in [2.05, 4.69) is 21.5 Å². The Morgan fingerprint density at radius 2 is 2.00 bits per heavy atom. The van der Waals surface area contributed by atoms with Crippen molar-refractivity contribution in [3.8, 4) is 0 Å². The zero-order chi connectivity index (χ0) is 15.7. The molecule has 2 aromatic heterocycles. The van der Waals surface area contributed by atoms with Crippen LogP contribution in [0.25, 0.3) is 0 Å². The second-order valence-electron chi connectivity index (χ2n) is 5.52. The predicted octanol–water partition coefficient (Wildman–Crippen LogP) is 3.00. The Morgan fingerprint density at radius 1 is 1.23 bits per heavy atom. The van der Waals surface area contributed by atoms with Gasteiger partial charge in [-0.3, -0.25) is 4.98 Å². The van der Waals surface area contributed by atoms with Crippen LogP contribution in [-0.2, 0) is 19.1 Å². The van der Waals surface area contributed by atoms with Gasteiger partial charge in [-0.15, -0.1) is 0 Å². The molecular formula is C15H17F3N4. The van der Waals surface area contributed by atoms with E-state index in [9.17, 15) is 13.2 Å². The summed E-state index contributed by atoms with van der Waals surface area (Å²) in [7, 11) is 0. The van der Waals surface area contributed by atoms with Gasteiger partial charge in [0.25, 0.3) is 0 Å². The number of pyridine rings is 1. The molecule has 0 atom stereocenters. The topological polar surface area (TPSA) is 34.0 Å². The summed E-state index contributed by atoms with van der Waals surface area (Å²) >= 11 is 0. The number of rotatable bonds is 4. The molecule has 0 N–H and O–H groups in total. The number of aryl methyl sites for hydroxylation is 1. The second-order valence-corrected chi connectivity index (χ2v) is 5.52. The highest BCUT2D eigenvalue weighted by atomic mass is 19.4. The third-order valence-electron chi connectivity index (χ3n) is 3.93.